The first-order valence-corrected chi connectivity index (χ1v) is 7.34. The van der Waals surface area contributed by atoms with Crippen LogP contribution in [0, 0.1) is 11.8 Å². The third-order valence-corrected chi connectivity index (χ3v) is 3.71. The van der Waals surface area contributed by atoms with E-state index in [0.717, 1.165) is 12.1 Å². The molecule has 0 atom stereocenters. The van der Waals surface area contributed by atoms with Crippen LogP contribution in [0.15, 0.2) is 36.5 Å². The highest BCUT2D eigenvalue weighted by Crippen LogP contribution is 2.35. The summed E-state index contributed by atoms with van der Waals surface area (Å²) >= 11 is 0. The third-order valence-electron chi connectivity index (χ3n) is 3.71. The first-order chi connectivity index (χ1) is 9.39. The molecule has 0 spiro atoms. The van der Waals surface area contributed by atoms with E-state index >= 15 is 0 Å². The molecule has 0 aliphatic rings. The molecule has 1 N–H and O–H groups in total. The Morgan fingerprint density at radius 2 is 1.85 bits per heavy atom. The lowest BCUT2D eigenvalue weighted by molar-refractivity contribution is 0.570. The lowest BCUT2D eigenvalue weighted by Gasteiger charge is -2.29. The Kier molecular flexibility index (Phi) is 4.32. The van der Waals surface area contributed by atoms with Crippen LogP contribution >= 0.6 is 0 Å². The number of nitrogens with zero attached hydrogens (tertiary/aromatic N) is 1. The summed E-state index contributed by atoms with van der Waals surface area (Å²) in [6, 6.07) is 10.8. The smallest absolute Gasteiger partial charge is 0.0631 e. The number of hydrogen-bond acceptors (Lipinski definition) is 1. The zero-order valence-electron chi connectivity index (χ0n) is 13.2. The third kappa shape index (κ3) is 3.30. The second kappa shape index (κ2) is 5.82. The van der Waals surface area contributed by atoms with E-state index in [0.29, 0.717) is 5.92 Å². The van der Waals surface area contributed by atoms with Gasteiger partial charge in [0.2, 0.25) is 0 Å². The first kappa shape index (κ1) is 14.8. The maximum atomic E-state index is 4.31. The zero-order chi connectivity index (χ0) is 14.8. The van der Waals surface area contributed by atoms with Crippen LogP contribution in [0.1, 0.15) is 51.4 Å². The van der Waals surface area contributed by atoms with Gasteiger partial charge < -0.3 is 0 Å². The number of H-pyrrole nitrogens is 1. The summed E-state index contributed by atoms with van der Waals surface area (Å²) in [4.78, 5) is 0. The summed E-state index contributed by atoms with van der Waals surface area (Å²) in [5, 5.41) is 7.22. The fourth-order valence-corrected chi connectivity index (χ4v) is 2.61. The minimum absolute atomic E-state index is 0.155. The molecule has 0 aliphatic heterocycles. The van der Waals surface area contributed by atoms with Crippen molar-refractivity contribution >= 4 is 0 Å². The quantitative estimate of drug-likeness (QED) is 0.868. The van der Waals surface area contributed by atoms with Gasteiger partial charge in [0.1, 0.15) is 0 Å². The van der Waals surface area contributed by atoms with Gasteiger partial charge in [0, 0.05) is 18.5 Å². The van der Waals surface area contributed by atoms with Crippen molar-refractivity contribution in [2.45, 2.75) is 46.5 Å². The molecule has 0 bridgehead atoms. The fourth-order valence-electron chi connectivity index (χ4n) is 2.61. The normalized spacial score (nSPS) is 12.3. The Morgan fingerprint density at radius 3 is 2.40 bits per heavy atom. The molecular weight excluding hydrogens is 244 g/mol. The molecule has 0 saturated heterocycles. The highest BCUT2D eigenvalue weighted by atomic mass is 15.1. The van der Waals surface area contributed by atoms with E-state index in [2.05, 4.69) is 75.1 Å². The Balaban J connectivity index is 2.40. The molecule has 20 heavy (non-hydrogen) atoms. The lowest BCUT2D eigenvalue weighted by atomic mass is 9.75. The number of hydrogen-bond donors (Lipinski definition) is 1. The zero-order valence-corrected chi connectivity index (χ0v) is 13.2. The second-order valence-corrected chi connectivity index (χ2v) is 6.72. The lowest BCUT2D eigenvalue weighted by Crippen LogP contribution is -2.20. The first-order valence-electron chi connectivity index (χ1n) is 7.34. The van der Waals surface area contributed by atoms with Gasteiger partial charge in [-0.1, -0.05) is 58.9 Å². The summed E-state index contributed by atoms with van der Waals surface area (Å²) in [5.41, 5.74) is 4.07. The Morgan fingerprint density at radius 1 is 1.15 bits per heavy atom. The number of aromatic nitrogens is 2. The maximum absolute atomic E-state index is 4.31. The maximum Gasteiger partial charge on any atom is 0.0631 e. The van der Waals surface area contributed by atoms with Crippen LogP contribution < -0.4 is 0 Å². The number of benzene rings is 1. The molecule has 1 aromatic carbocycles. The van der Waals surface area contributed by atoms with E-state index in [1.165, 1.54) is 17.0 Å². The summed E-state index contributed by atoms with van der Waals surface area (Å²) in [6.07, 6.45) is 2.80. The highest BCUT2D eigenvalue weighted by Gasteiger charge is 2.25. The van der Waals surface area contributed by atoms with Gasteiger partial charge >= 0.3 is 0 Å². The average molecular weight is 269 g/mol. The van der Waals surface area contributed by atoms with Crippen LogP contribution in [-0.4, -0.2) is 10.2 Å². The van der Waals surface area contributed by atoms with E-state index in [1.807, 2.05) is 6.20 Å². The molecule has 1 radical (unpaired) electrons. The van der Waals surface area contributed by atoms with Crippen LogP contribution in [0.4, 0.5) is 0 Å². The predicted molar refractivity (Wildman–Crippen MR) is 84.6 cm³/mol. The van der Waals surface area contributed by atoms with Crippen LogP contribution in [0.5, 0.6) is 0 Å². The van der Waals surface area contributed by atoms with Crippen molar-refractivity contribution < 1.29 is 0 Å². The van der Waals surface area contributed by atoms with Crippen molar-refractivity contribution in [2.24, 2.45) is 5.92 Å². The molecule has 2 aromatic rings. The molecule has 1 heterocycles. The van der Waals surface area contributed by atoms with Crippen LogP contribution in [0.25, 0.3) is 0 Å². The van der Waals surface area contributed by atoms with Gasteiger partial charge in [-0.25, -0.2) is 0 Å². The fraction of sp³-hybridized carbons (Fsp3) is 0.444. The standard InChI is InChI=1S/C18H25N2/c1-13(2)16(12-14-10-11-19-20-14)15-8-6-7-9-17(15)18(3,4)5/h6-11,13H,12H2,1-5H3,(H,19,20). The van der Waals surface area contributed by atoms with Crippen LogP contribution in [-0.2, 0) is 11.8 Å². The van der Waals surface area contributed by atoms with Gasteiger partial charge in [-0.3, -0.25) is 5.10 Å². The van der Waals surface area contributed by atoms with Gasteiger partial charge in [0.25, 0.3) is 0 Å². The van der Waals surface area contributed by atoms with Crippen molar-refractivity contribution in [1.29, 1.82) is 0 Å². The number of nitrogens with one attached hydrogen (secondary N) is 1. The summed E-state index contributed by atoms with van der Waals surface area (Å²) in [7, 11) is 0. The molecule has 1 aromatic heterocycles. The molecule has 2 rings (SSSR count). The highest BCUT2D eigenvalue weighted by molar-refractivity contribution is 5.44. The predicted octanol–water partition coefficient (Wildman–Crippen LogP) is 4.53. The SMILES string of the molecule is CC(C)[C](Cc1cc[nH]n1)c1ccccc1C(C)(C)C. The van der Waals surface area contributed by atoms with Crippen molar-refractivity contribution in [2.75, 3.05) is 0 Å². The van der Waals surface area contributed by atoms with E-state index in [1.54, 1.807) is 0 Å². The van der Waals surface area contributed by atoms with Crippen molar-refractivity contribution in [3.63, 3.8) is 0 Å². The van der Waals surface area contributed by atoms with Crippen molar-refractivity contribution in [1.82, 2.24) is 10.2 Å². The van der Waals surface area contributed by atoms with Gasteiger partial charge in [0.15, 0.2) is 0 Å². The van der Waals surface area contributed by atoms with E-state index in [4.69, 9.17) is 0 Å². The monoisotopic (exact) mass is 269 g/mol. The Hall–Kier alpha value is -1.57. The summed E-state index contributed by atoms with van der Waals surface area (Å²) in [6.45, 7) is 11.4. The summed E-state index contributed by atoms with van der Waals surface area (Å²) in [5.74, 6) is 1.97. The van der Waals surface area contributed by atoms with E-state index < -0.39 is 0 Å². The van der Waals surface area contributed by atoms with Gasteiger partial charge in [-0.15, -0.1) is 0 Å². The molecule has 0 aliphatic carbocycles. The minimum atomic E-state index is 0.155. The number of aromatic amines is 1. The van der Waals surface area contributed by atoms with E-state index in [-0.39, 0.29) is 5.41 Å². The van der Waals surface area contributed by atoms with E-state index in [9.17, 15) is 0 Å². The average Bonchev–Trinajstić information content (AvgIpc) is 2.87. The minimum Gasteiger partial charge on any atom is -0.285 e. The topological polar surface area (TPSA) is 28.7 Å². The molecular formula is C18H25N2. The summed E-state index contributed by atoms with van der Waals surface area (Å²) < 4.78 is 0. The van der Waals surface area contributed by atoms with Crippen LogP contribution in [0.3, 0.4) is 0 Å². The molecule has 0 unspecified atom stereocenters. The number of rotatable bonds is 4. The van der Waals surface area contributed by atoms with Crippen molar-refractivity contribution in [3.05, 3.63) is 59.3 Å². The Bertz CT molecular complexity index is 533. The molecule has 2 nitrogen and oxygen atoms in total. The molecule has 2 heteroatoms. The second-order valence-electron chi connectivity index (χ2n) is 6.72. The van der Waals surface area contributed by atoms with Gasteiger partial charge in [0.05, 0.1) is 5.69 Å². The van der Waals surface area contributed by atoms with Crippen LogP contribution in [0.2, 0.25) is 0 Å². The molecule has 0 fully saturated rings. The molecule has 107 valence electrons. The molecule has 0 saturated carbocycles. The largest absolute Gasteiger partial charge is 0.285 e. The van der Waals surface area contributed by atoms with Gasteiger partial charge in [-0.2, -0.15) is 5.10 Å². The Labute approximate surface area is 122 Å². The van der Waals surface area contributed by atoms with Gasteiger partial charge in [-0.05, 0) is 28.5 Å². The molecule has 0 amide bonds. The van der Waals surface area contributed by atoms with Crippen molar-refractivity contribution in [3.8, 4) is 0 Å².